The second kappa shape index (κ2) is 4.73. The highest BCUT2D eigenvalue weighted by Crippen LogP contribution is 2.77. The lowest BCUT2D eigenvalue weighted by molar-refractivity contribution is -0.476. The van der Waals surface area contributed by atoms with Crippen LogP contribution in [-0.4, -0.2) is 62.3 Å². The molecule has 6 nitrogen and oxygen atoms in total. The highest BCUT2D eigenvalue weighted by atomic mass is 16.6. The maximum Gasteiger partial charge on any atom is 0.203 e. The van der Waals surface area contributed by atoms with Gasteiger partial charge in [0.15, 0.2) is 0 Å². The van der Waals surface area contributed by atoms with E-state index in [0.29, 0.717) is 24.8 Å². The highest BCUT2D eigenvalue weighted by Gasteiger charge is 2.86. The van der Waals surface area contributed by atoms with E-state index in [0.717, 1.165) is 6.42 Å². The summed E-state index contributed by atoms with van der Waals surface area (Å²) in [6.07, 6.45) is -1.53. The van der Waals surface area contributed by atoms with Gasteiger partial charge in [0.05, 0.1) is 30.3 Å². The topological polar surface area (TPSA) is 110 Å². The van der Waals surface area contributed by atoms with E-state index in [1.54, 1.807) is 0 Å². The van der Waals surface area contributed by atoms with Gasteiger partial charge in [-0.3, -0.25) is 0 Å². The molecule has 0 amide bonds. The Morgan fingerprint density at radius 1 is 1.04 bits per heavy atom. The van der Waals surface area contributed by atoms with Gasteiger partial charge >= 0.3 is 0 Å². The Balaban J connectivity index is 1.80. The van der Waals surface area contributed by atoms with Crippen LogP contribution in [0.5, 0.6) is 0 Å². The van der Waals surface area contributed by atoms with E-state index in [4.69, 9.17) is 4.74 Å². The number of fused-ring (bicyclic) bond motifs is 2. The Bertz CT molecular complexity index is 677. The zero-order valence-corrected chi connectivity index (χ0v) is 15.4. The molecule has 0 aromatic rings. The predicted octanol–water partition coefficient (Wildman–Crippen LogP) is 0.167. The Labute approximate surface area is 153 Å². The highest BCUT2D eigenvalue weighted by molar-refractivity contribution is 5.37. The maximum absolute atomic E-state index is 11.7. The van der Waals surface area contributed by atoms with Gasteiger partial charge in [0.2, 0.25) is 5.79 Å². The molecule has 5 N–H and O–H groups in total. The first-order valence-corrected chi connectivity index (χ1v) is 9.84. The van der Waals surface area contributed by atoms with Crippen molar-refractivity contribution in [2.75, 3.05) is 6.61 Å². The molecule has 10 atom stereocenters. The maximum atomic E-state index is 11.7. The Kier molecular flexibility index (Phi) is 3.20. The predicted molar refractivity (Wildman–Crippen MR) is 91.7 cm³/mol. The lowest BCUT2D eigenvalue weighted by atomic mass is 9.35. The third-order valence-corrected chi connectivity index (χ3v) is 9.12. The number of aliphatic hydroxyl groups excluding tert-OH is 4. The second-order valence-corrected chi connectivity index (χ2v) is 10.2. The average molecular weight is 366 g/mol. The molecule has 0 aromatic carbocycles. The number of hydrogen-bond donors (Lipinski definition) is 5. The molecule has 4 aliphatic carbocycles. The van der Waals surface area contributed by atoms with Gasteiger partial charge in [0, 0.05) is 17.3 Å². The molecule has 2 heterocycles. The summed E-state index contributed by atoms with van der Waals surface area (Å²) in [6, 6.07) is 0. The van der Waals surface area contributed by atoms with Gasteiger partial charge in [0.25, 0.3) is 0 Å². The Morgan fingerprint density at radius 3 is 2.42 bits per heavy atom. The molecule has 2 spiro atoms. The molecule has 2 aliphatic heterocycles. The van der Waals surface area contributed by atoms with Crippen LogP contribution in [0.15, 0.2) is 12.2 Å². The fourth-order valence-corrected chi connectivity index (χ4v) is 8.15. The number of rotatable bonds is 0. The van der Waals surface area contributed by atoms with Gasteiger partial charge in [-0.05, 0) is 42.6 Å². The van der Waals surface area contributed by atoms with Crippen molar-refractivity contribution in [2.24, 2.45) is 34.0 Å². The molecule has 6 aliphatic rings. The normalized spacial score (nSPS) is 62.7. The summed E-state index contributed by atoms with van der Waals surface area (Å²) in [5.41, 5.74) is -2.01. The van der Waals surface area contributed by atoms with Gasteiger partial charge in [0.1, 0.15) is 6.10 Å². The van der Waals surface area contributed by atoms with Gasteiger partial charge in [-0.15, -0.1) is 0 Å². The van der Waals surface area contributed by atoms with Crippen LogP contribution in [0.2, 0.25) is 0 Å². The summed E-state index contributed by atoms with van der Waals surface area (Å²) < 4.78 is 5.86. The minimum atomic E-state index is -2.05. The summed E-state index contributed by atoms with van der Waals surface area (Å²) in [4.78, 5) is 0. The van der Waals surface area contributed by atoms with Gasteiger partial charge in [-0.1, -0.05) is 20.4 Å². The molecule has 0 aromatic heterocycles. The van der Waals surface area contributed by atoms with Crippen molar-refractivity contribution in [3.05, 3.63) is 12.2 Å². The molecule has 146 valence electrons. The SMILES string of the molecule is C=C1[C@@H](O)C23[C@H](O)[C@H]1CC[C@H]2[C@@]12CO[C@]3(O)[C@@H](O)[C@@H]1C(C)(C)CC[C@@H]2O. The molecule has 0 radical (unpaired) electrons. The zero-order valence-electron chi connectivity index (χ0n) is 15.4. The van der Waals surface area contributed by atoms with Crippen LogP contribution >= 0.6 is 0 Å². The van der Waals surface area contributed by atoms with Crippen molar-refractivity contribution < 1.29 is 30.3 Å². The standard InChI is InChI=1S/C20H30O6/c1-9-10-4-5-11-18-8-26-20(25,19(11,14(9)22)15(10)23)16(24)13(18)17(2,3)7-6-12(18)21/h10-16,21-25H,1,4-8H2,2-3H3/t10-,11-,12-,13+,14+,15+,16-,18+,19?,20+/m0/s1. The summed E-state index contributed by atoms with van der Waals surface area (Å²) in [5.74, 6) is -3.06. The van der Waals surface area contributed by atoms with Crippen LogP contribution in [0.1, 0.15) is 39.5 Å². The van der Waals surface area contributed by atoms with Crippen molar-refractivity contribution in [2.45, 2.75) is 69.7 Å². The van der Waals surface area contributed by atoms with Crippen molar-refractivity contribution in [1.82, 2.24) is 0 Å². The average Bonchev–Trinajstić information content (AvgIpc) is 2.69. The summed E-state index contributed by atoms with van der Waals surface area (Å²) >= 11 is 0. The molecule has 4 bridgehead atoms. The van der Waals surface area contributed by atoms with Crippen LogP contribution < -0.4 is 0 Å². The number of aliphatic hydroxyl groups is 5. The lowest BCUT2D eigenvalue weighted by Gasteiger charge is -2.75. The first kappa shape index (κ1) is 17.6. The third kappa shape index (κ3) is 1.45. The Hall–Kier alpha value is -0.500. The van der Waals surface area contributed by atoms with E-state index in [1.165, 1.54) is 0 Å². The van der Waals surface area contributed by atoms with Crippen molar-refractivity contribution in [3.8, 4) is 0 Å². The zero-order chi connectivity index (χ0) is 18.9. The first-order chi connectivity index (χ1) is 12.1. The lowest BCUT2D eigenvalue weighted by Crippen LogP contribution is -2.86. The number of ether oxygens (including phenoxy) is 1. The fraction of sp³-hybridized carbons (Fsp3) is 0.900. The molecular weight excluding hydrogens is 336 g/mol. The minimum Gasteiger partial charge on any atom is -0.392 e. The molecule has 4 saturated carbocycles. The third-order valence-electron chi connectivity index (χ3n) is 9.12. The molecule has 26 heavy (non-hydrogen) atoms. The summed E-state index contributed by atoms with van der Waals surface area (Å²) in [7, 11) is 0. The van der Waals surface area contributed by atoms with Crippen molar-refractivity contribution in [3.63, 3.8) is 0 Å². The fourth-order valence-electron chi connectivity index (χ4n) is 8.15. The van der Waals surface area contributed by atoms with Crippen LogP contribution in [0.3, 0.4) is 0 Å². The van der Waals surface area contributed by atoms with Crippen LogP contribution in [0, 0.1) is 34.0 Å². The quantitative estimate of drug-likeness (QED) is 0.391. The van der Waals surface area contributed by atoms with E-state index in [-0.39, 0.29) is 29.8 Å². The first-order valence-electron chi connectivity index (χ1n) is 9.84. The molecule has 2 saturated heterocycles. The van der Waals surface area contributed by atoms with E-state index in [2.05, 4.69) is 20.4 Å². The molecule has 6 heteroatoms. The number of hydrogen-bond acceptors (Lipinski definition) is 6. The van der Waals surface area contributed by atoms with E-state index < -0.39 is 41.0 Å². The van der Waals surface area contributed by atoms with Gasteiger partial charge < -0.3 is 30.3 Å². The molecule has 6 rings (SSSR count). The summed E-state index contributed by atoms with van der Waals surface area (Å²) in [6.45, 7) is 8.25. The van der Waals surface area contributed by atoms with Crippen LogP contribution in [-0.2, 0) is 4.74 Å². The summed E-state index contributed by atoms with van der Waals surface area (Å²) in [5, 5.41) is 56.5. The molecular formula is C20H30O6. The Morgan fingerprint density at radius 2 is 1.73 bits per heavy atom. The smallest absolute Gasteiger partial charge is 0.203 e. The van der Waals surface area contributed by atoms with Gasteiger partial charge in [-0.2, -0.15) is 0 Å². The second-order valence-electron chi connectivity index (χ2n) is 10.2. The van der Waals surface area contributed by atoms with Crippen LogP contribution in [0.25, 0.3) is 0 Å². The molecule has 6 fully saturated rings. The van der Waals surface area contributed by atoms with E-state index in [9.17, 15) is 25.5 Å². The van der Waals surface area contributed by atoms with Crippen molar-refractivity contribution in [1.29, 1.82) is 0 Å². The van der Waals surface area contributed by atoms with Crippen molar-refractivity contribution >= 4 is 0 Å². The van der Waals surface area contributed by atoms with E-state index in [1.807, 2.05) is 0 Å². The van der Waals surface area contributed by atoms with Crippen LogP contribution in [0.4, 0.5) is 0 Å². The van der Waals surface area contributed by atoms with Gasteiger partial charge in [-0.25, -0.2) is 0 Å². The monoisotopic (exact) mass is 366 g/mol. The van der Waals surface area contributed by atoms with E-state index >= 15 is 0 Å². The molecule has 1 unspecified atom stereocenters. The minimum absolute atomic E-state index is 0.138. The largest absolute Gasteiger partial charge is 0.392 e.